The molecular weight excluding hydrogens is 242 g/mol. The van der Waals surface area contributed by atoms with Gasteiger partial charge in [-0.25, -0.2) is 0 Å². The third-order valence-corrected chi connectivity index (χ3v) is 2.90. The van der Waals surface area contributed by atoms with Crippen LogP contribution in [-0.2, 0) is 17.5 Å². The second-order valence-electron chi connectivity index (χ2n) is 2.80. The summed E-state index contributed by atoms with van der Waals surface area (Å²) in [6.45, 7) is 0. The Balaban J connectivity index is 2.82. The predicted octanol–water partition coefficient (Wildman–Crippen LogP) is 1.58. The molecule has 0 fully saturated rings. The third kappa shape index (κ3) is 3.58. The number of nitro benzene ring substituents is 1. The molecule has 82 valence electrons. The molecule has 0 aliphatic heterocycles. The summed E-state index contributed by atoms with van der Waals surface area (Å²) in [7, 11) is 0. The Morgan fingerprint density at radius 2 is 2.20 bits per heavy atom. The highest BCUT2D eigenvalue weighted by atomic mass is 35.5. The molecule has 0 bridgehead atoms. The summed E-state index contributed by atoms with van der Waals surface area (Å²) in [5, 5.41) is 10.4. The zero-order chi connectivity index (χ0) is 11.4. The highest BCUT2D eigenvalue weighted by Gasteiger charge is 2.10. The van der Waals surface area contributed by atoms with E-state index in [0.717, 1.165) is 0 Å². The van der Waals surface area contributed by atoms with Crippen LogP contribution in [-0.4, -0.2) is 18.4 Å². The fourth-order valence-electron chi connectivity index (χ4n) is 1.05. The van der Waals surface area contributed by atoms with E-state index in [-0.39, 0.29) is 12.1 Å². The standard InChI is InChI=1S/C8H8ClNO4S/c9-8(15(13)14)5-6-2-1-3-7(4-6)10(11)12/h1-4,8H,5H2,(H,13,14)/p-1. The average molecular weight is 249 g/mol. The van der Waals surface area contributed by atoms with Crippen molar-refractivity contribution in [3.63, 3.8) is 0 Å². The summed E-state index contributed by atoms with van der Waals surface area (Å²) in [4.78, 5) is 9.88. The second-order valence-corrected chi connectivity index (χ2v) is 4.68. The van der Waals surface area contributed by atoms with E-state index in [0.29, 0.717) is 5.56 Å². The summed E-state index contributed by atoms with van der Waals surface area (Å²) >= 11 is 3.12. The first-order chi connectivity index (χ1) is 7.00. The maximum absolute atomic E-state index is 10.5. The van der Waals surface area contributed by atoms with Gasteiger partial charge in [0, 0.05) is 12.1 Å². The first-order valence-corrected chi connectivity index (χ1v) is 5.53. The van der Waals surface area contributed by atoms with Crippen LogP contribution in [0.25, 0.3) is 0 Å². The van der Waals surface area contributed by atoms with Crippen molar-refractivity contribution in [3.05, 3.63) is 39.9 Å². The fraction of sp³-hybridized carbons (Fsp3) is 0.250. The SMILES string of the molecule is O=[N+]([O-])c1cccc(CC(Cl)S(=O)[O-])c1. The number of benzene rings is 1. The third-order valence-electron chi connectivity index (χ3n) is 1.73. The molecule has 7 heteroatoms. The van der Waals surface area contributed by atoms with Crippen molar-refractivity contribution in [1.29, 1.82) is 0 Å². The minimum atomic E-state index is -2.38. The molecule has 2 unspecified atom stereocenters. The van der Waals surface area contributed by atoms with E-state index in [1.165, 1.54) is 18.2 Å². The van der Waals surface area contributed by atoms with E-state index >= 15 is 0 Å². The molecule has 0 aliphatic rings. The van der Waals surface area contributed by atoms with Gasteiger partial charge in [0.1, 0.15) is 0 Å². The normalized spacial score (nSPS) is 14.5. The molecule has 0 heterocycles. The van der Waals surface area contributed by atoms with Crippen molar-refractivity contribution >= 4 is 28.4 Å². The number of non-ortho nitro benzene ring substituents is 1. The first-order valence-electron chi connectivity index (χ1n) is 3.96. The van der Waals surface area contributed by atoms with Crippen molar-refractivity contribution in [2.45, 2.75) is 11.1 Å². The van der Waals surface area contributed by atoms with Crippen molar-refractivity contribution in [2.24, 2.45) is 0 Å². The Hall–Kier alpha value is -0.980. The van der Waals surface area contributed by atoms with Crippen LogP contribution >= 0.6 is 11.6 Å². The van der Waals surface area contributed by atoms with Gasteiger partial charge in [0.25, 0.3) is 5.69 Å². The quantitative estimate of drug-likeness (QED) is 0.350. The van der Waals surface area contributed by atoms with Gasteiger partial charge in [-0.3, -0.25) is 14.3 Å². The van der Waals surface area contributed by atoms with Crippen LogP contribution in [0.1, 0.15) is 5.56 Å². The molecule has 1 aromatic carbocycles. The minimum Gasteiger partial charge on any atom is -0.771 e. The Morgan fingerprint density at radius 1 is 1.53 bits per heavy atom. The number of alkyl halides is 1. The van der Waals surface area contributed by atoms with Crippen molar-refractivity contribution in [2.75, 3.05) is 0 Å². The average Bonchev–Trinajstić information content (AvgIpc) is 2.18. The molecule has 15 heavy (non-hydrogen) atoms. The molecule has 1 aromatic rings. The summed E-state index contributed by atoms with van der Waals surface area (Å²) in [6, 6.07) is 5.73. The van der Waals surface area contributed by atoms with Gasteiger partial charge >= 0.3 is 0 Å². The topological polar surface area (TPSA) is 83.3 Å². The van der Waals surface area contributed by atoms with Crippen LogP contribution in [0.15, 0.2) is 24.3 Å². The molecule has 0 saturated heterocycles. The van der Waals surface area contributed by atoms with E-state index in [4.69, 9.17) is 11.6 Å². The zero-order valence-corrected chi connectivity index (χ0v) is 9.03. The van der Waals surface area contributed by atoms with Gasteiger partial charge in [-0.2, -0.15) is 0 Å². The molecule has 5 nitrogen and oxygen atoms in total. The van der Waals surface area contributed by atoms with Crippen LogP contribution in [0.2, 0.25) is 0 Å². The Kier molecular flexibility index (Phi) is 4.19. The van der Waals surface area contributed by atoms with Crippen molar-refractivity contribution in [1.82, 2.24) is 0 Å². The van der Waals surface area contributed by atoms with Crippen LogP contribution in [0.5, 0.6) is 0 Å². The van der Waals surface area contributed by atoms with Crippen LogP contribution < -0.4 is 0 Å². The second kappa shape index (κ2) is 5.20. The van der Waals surface area contributed by atoms with Crippen LogP contribution in [0, 0.1) is 10.1 Å². The lowest BCUT2D eigenvalue weighted by Crippen LogP contribution is -2.10. The lowest BCUT2D eigenvalue weighted by atomic mass is 10.1. The van der Waals surface area contributed by atoms with Gasteiger partial charge in [-0.15, -0.1) is 11.6 Å². The predicted molar refractivity (Wildman–Crippen MR) is 55.4 cm³/mol. The highest BCUT2D eigenvalue weighted by molar-refractivity contribution is 7.81. The Bertz CT molecular complexity index is 398. The summed E-state index contributed by atoms with van der Waals surface area (Å²) in [5.41, 5.74) is 0.446. The molecule has 0 aromatic heterocycles. The summed E-state index contributed by atoms with van der Waals surface area (Å²) in [5.74, 6) is 0. The largest absolute Gasteiger partial charge is 0.771 e. The summed E-state index contributed by atoms with van der Waals surface area (Å²) < 4.78 is 19.9. The Labute approximate surface area is 93.5 Å². The molecule has 0 radical (unpaired) electrons. The monoisotopic (exact) mass is 248 g/mol. The van der Waals surface area contributed by atoms with Gasteiger partial charge in [0.2, 0.25) is 0 Å². The van der Waals surface area contributed by atoms with Crippen LogP contribution in [0.4, 0.5) is 5.69 Å². The number of hydrogen-bond acceptors (Lipinski definition) is 4. The minimum absolute atomic E-state index is 0.0549. The number of hydrogen-bond donors (Lipinski definition) is 0. The molecule has 0 amide bonds. The molecule has 2 atom stereocenters. The van der Waals surface area contributed by atoms with Gasteiger partial charge in [-0.1, -0.05) is 12.1 Å². The lowest BCUT2D eigenvalue weighted by Gasteiger charge is -2.11. The maximum atomic E-state index is 10.5. The number of nitro groups is 1. The number of nitrogens with zero attached hydrogens (tertiary/aromatic N) is 1. The molecule has 0 spiro atoms. The molecular formula is C8H7ClNO4S-. The van der Waals surface area contributed by atoms with Gasteiger partial charge in [-0.05, 0) is 23.1 Å². The first kappa shape index (κ1) is 12.1. The van der Waals surface area contributed by atoms with Crippen LogP contribution in [0.3, 0.4) is 0 Å². The Morgan fingerprint density at radius 3 is 2.73 bits per heavy atom. The van der Waals surface area contributed by atoms with E-state index in [1.54, 1.807) is 6.07 Å². The molecule has 1 rings (SSSR count). The van der Waals surface area contributed by atoms with E-state index in [1.807, 2.05) is 0 Å². The zero-order valence-electron chi connectivity index (χ0n) is 7.46. The van der Waals surface area contributed by atoms with Crippen molar-refractivity contribution in [3.8, 4) is 0 Å². The molecule has 0 saturated carbocycles. The van der Waals surface area contributed by atoms with Crippen molar-refractivity contribution < 1.29 is 13.7 Å². The molecule has 0 N–H and O–H groups in total. The lowest BCUT2D eigenvalue weighted by molar-refractivity contribution is -0.384. The molecule has 0 aliphatic carbocycles. The van der Waals surface area contributed by atoms with E-state index in [2.05, 4.69) is 0 Å². The van der Waals surface area contributed by atoms with Gasteiger partial charge in [0.05, 0.1) is 9.63 Å². The van der Waals surface area contributed by atoms with E-state index in [9.17, 15) is 18.9 Å². The fourth-order valence-corrected chi connectivity index (χ4v) is 1.56. The van der Waals surface area contributed by atoms with Gasteiger partial charge < -0.3 is 4.55 Å². The highest BCUT2D eigenvalue weighted by Crippen LogP contribution is 2.16. The number of rotatable bonds is 4. The summed E-state index contributed by atoms with van der Waals surface area (Å²) in [6.07, 6.45) is 0.0549. The maximum Gasteiger partial charge on any atom is 0.269 e. The number of halogens is 1. The smallest absolute Gasteiger partial charge is 0.269 e. The van der Waals surface area contributed by atoms with Gasteiger partial charge in [0.15, 0.2) is 0 Å². The van der Waals surface area contributed by atoms with E-state index < -0.39 is 20.7 Å².